The number of likely N-dealkylation sites (N-methyl/N-ethyl adjacent to an activating group) is 1. The van der Waals surface area contributed by atoms with Gasteiger partial charge in [-0.15, -0.1) is 0 Å². The van der Waals surface area contributed by atoms with E-state index >= 15 is 0 Å². The van der Waals surface area contributed by atoms with Crippen LogP contribution >= 0.6 is 23.2 Å². The van der Waals surface area contributed by atoms with Crippen LogP contribution in [0.2, 0.25) is 10.0 Å². The maximum atomic E-state index is 12.4. The van der Waals surface area contributed by atoms with E-state index in [2.05, 4.69) is 4.72 Å². The highest BCUT2D eigenvalue weighted by atomic mass is 35.5. The van der Waals surface area contributed by atoms with Crippen LogP contribution in [0.25, 0.3) is 0 Å². The first kappa shape index (κ1) is 20.4. The number of hydrogen-bond acceptors (Lipinski definition) is 5. The van der Waals surface area contributed by atoms with E-state index in [0.29, 0.717) is 6.42 Å². The van der Waals surface area contributed by atoms with Crippen molar-refractivity contribution in [3.8, 4) is 0 Å². The molecule has 1 aliphatic heterocycles. The number of rotatable bonds is 5. The molecule has 7 nitrogen and oxygen atoms in total. The minimum Gasteiger partial charge on any atom is -0.340 e. The summed E-state index contributed by atoms with van der Waals surface area (Å²) in [5.41, 5.74) is 0. The molecular formula is C14H18Cl2N2O5S2. The van der Waals surface area contributed by atoms with Crippen LogP contribution < -0.4 is 4.72 Å². The van der Waals surface area contributed by atoms with Crippen molar-refractivity contribution in [2.45, 2.75) is 30.3 Å². The molecule has 1 aromatic rings. The number of hydrogen-bond donors (Lipinski definition) is 1. The van der Waals surface area contributed by atoms with Gasteiger partial charge >= 0.3 is 0 Å². The van der Waals surface area contributed by atoms with Crippen LogP contribution in [0.4, 0.5) is 0 Å². The highest BCUT2D eigenvalue weighted by Crippen LogP contribution is 2.25. The van der Waals surface area contributed by atoms with Gasteiger partial charge in [0.1, 0.15) is 0 Å². The molecule has 25 heavy (non-hydrogen) atoms. The van der Waals surface area contributed by atoms with E-state index in [0.717, 1.165) is 0 Å². The Morgan fingerprint density at radius 3 is 2.48 bits per heavy atom. The maximum absolute atomic E-state index is 12.4. The van der Waals surface area contributed by atoms with Crippen LogP contribution in [0.15, 0.2) is 23.1 Å². The summed E-state index contributed by atoms with van der Waals surface area (Å²) >= 11 is 11.6. The van der Waals surface area contributed by atoms with Crippen molar-refractivity contribution in [1.82, 2.24) is 9.62 Å². The van der Waals surface area contributed by atoms with Gasteiger partial charge in [-0.2, -0.15) is 4.72 Å². The second kappa shape index (κ2) is 7.40. The number of benzene rings is 1. The van der Waals surface area contributed by atoms with Gasteiger partial charge in [-0.1, -0.05) is 23.2 Å². The molecule has 140 valence electrons. The fraction of sp³-hybridized carbons (Fsp3) is 0.500. The third-order valence-corrected chi connectivity index (χ3v) is 8.04. The Kier molecular flexibility index (Phi) is 6.05. The average Bonchev–Trinajstić information content (AvgIpc) is 2.88. The van der Waals surface area contributed by atoms with Crippen molar-refractivity contribution < 1.29 is 21.6 Å². The largest absolute Gasteiger partial charge is 0.340 e. The molecule has 11 heteroatoms. The van der Waals surface area contributed by atoms with E-state index < -0.39 is 37.9 Å². The molecule has 2 rings (SSSR count). The minimum atomic E-state index is -3.98. The molecule has 0 saturated carbocycles. The Morgan fingerprint density at radius 1 is 1.32 bits per heavy atom. The van der Waals surface area contributed by atoms with E-state index in [1.54, 1.807) is 0 Å². The number of carbonyl (C=O) groups excluding carboxylic acids is 1. The van der Waals surface area contributed by atoms with Gasteiger partial charge in [0.2, 0.25) is 15.9 Å². The van der Waals surface area contributed by atoms with Gasteiger partial charge in [-0.05, 0) is 31.5 Å². The van der Waals surface area contributed by atoms with Gasteiger partial charge in [0.25, 0.3) is 0 Å². The number of nitrogens with one attached hydrogen (secondary N) is 1. The molecule has 0 spiro atoms. The summed E-state index contributed by atoms with van der Waals surface area (Å²) in [6.07, 6.45) is 0.344. The average molecular weight is 429 g/mol. The van der Waals surface area contributed by atoms with Gasteiger partial charge < -0.3 is 4.90 Å². The molecule has 2 atom stereocenters. The van der Waals surface area contributed by atoms with E-state index in [9.17, 15) is 21.6 Å². The van der Waals surface area contributed by atoms with E-state index in [4.69, 9.17) is 23.2 Å². The normalized spacial score (nSPS) is 21.0. The molecule has 0 aliphatic carbocycles. The minimum absolute atomic E-state index is 0.0265. The lowest BCUT2D eigenvalue weighted by Crippen LogP contribution is -2.49. The van der Waals surface area contributed by atoms with Crippen molar-refractivity contribution in [2.75, 3.05) is 18.6 Å². The van der Waals surface area contributed by atoms with Gasteiger partial charge in [-0.3, -0.25) is 4.79 Å². The topological polar surface area (TPSA) is 101 Å². The Hall–Kier alpha value is -0.870. The van der Waals surface area contributed by atoms with Crippen molar-refractivity contribution in [3.05, 3.63) is 28.2 Å². The lowest BCUT2D eigenvalue weighted by atomic mass is 10.2. The fourth-order valence-corrected chi connectivity index (χ4v) is 5.92. The standard InChI is InChI=1S/C14H18Cl2N2O5S2/c1-9(14(19)18(2)10-5-6-24(20,21)8-10)17-25(22,23)11-3-4-12(15)13(16)7-11/h3-4,7,9-10,17H,5-6,8H2,1-2H3/t9-,10+/m0/s1. The molecule has 1 N–H and O–H groups in total. The predicted molar refractivity (Wildman–Crippen MR) is 96.1 cm³/mol. The molecule has 1 aromatic carbocycles. The summed E-state index contributed by atoms with van der Waals surface area (Å²) in [6.45, 7) is 1.40. The molecule has 0 aromatic heterocycles. The Morgan fingerprint density at radius 2 is 1.96 bits per heavy atom. The molecule has 1 amide bonds. The van der Waals surface area contributed by atoms with Gasteiger partial charge in [0.05, 0.1) is 32.5 Å². The van der Waals surface area contributed by atoms with E-state index in [-0.39, 0.29) is 26.4 Å². The summed E-state index contributed by atoms with van der Waals surface area (Å²) in [4.78, 5) is 13.6. The van der Waals surface area contributed by atoms with Crippen molar-refractivity contribution in [1.29, 1.82) is 0 Å². The first-order valence-electron chi connectivity index (χ1n) is 7.37. The third-order valence-electron chi connectivity index (χ3n) is 4.01. The lowest BCUT2D eigenvalue weighted by Gasteiger charge is -2.26. The zero-order valence-corrected chi connectivity index (χ0v) is 16.7. The molecule has 1 heterocycles. The Bertz CT molecular complexity index is 886. The first-order chi connectivity index (χ1) is 11.4. The summed E-state index contributed by atoms with van der Waals surface area (Å²) in [5, 5.41) is 0.295. The van der Waals surface area contributed by atoms with E-state index in [1.807, 2.05) is 0 Å². The van der Waals surface area contributed by atoms with Crippen LogP contribution in [0.3, 0.4) is 0 Å². The summed E-state index contributed by atoms with van der Waals surface area (Å²) in [5.74, 6) is -0.592. The van der Waals surface area contributed by atoms with E-state index in [1.165, 1.54) is 37.1 Å². The third kappa shape index (κ3) is 4.85. The predicted octanol–water partition coefficient (Wildman–Crippen LogP) is 1.31. The zero-order chi connectivity index (χ0) is 19.0. The number of sulfonamides is 1. The lowest BCUT2D eigenvalue weighted by molar-refractivity contribution is -0.132. The van der Waals surface area contributed by atoms with Crippen LogP contribution in [0.5, 0.6) is 0 Å². The first-order valence-corrected chi connectivity index (χ1v) is 11.4. The maximum Gasteiger partial charge on any atom is 0.241 e. The fourth-order valence-electron chi connectivity index (χ4n) is 2.56. The van der Waals surface area contributed by atoms with Gasteiger partial charge in [-0.25, -0.2) is 16.8 Å². The van der Waals surface area contributed by atoms with Crippen LogP contribution in [0.1, 0.15) is 13.3 Å². The van der Waals surface area contributed by atoms with Crippen LogP contribution in [0, 0.1) is 0 Å². The number of halogens is 2. The molecule has 1 saturated heterocycles. The molecule has 0 radical (unpaired) electrons. The smallest absolute Gasteiger partial charge is 0.241 e. The van der Waals surface area contributed by atoms with Crippen molar-refractivity contribution >= 4 is 49.0 Å². The van der Waals surface area contributed by atoms with Gasteiger partial charge in [0.15, 0.2) is 9.84 Å². The monoisotopic (exact) mass is 428 g/mol. The van der Waals surface area contributed by atoms with Crippen LogP contribution in [-0.4, -0.2) is 58.3 Å². The molecule has 0 bridgehead atoms. The molecular weight excluding hydrogens is 411 g/mol. The SMILES string of the molecule is C[C@H](NS(=O)(=O)c1ccc(Cl)c(Cl)c1)C(=O)N(C)[C@@H]1CCS(=O)(=O)C1. The number of sulfone groups is 1. The molecule has 1 aliphatic rings. The Labute approximate surface area is 157 Å². The van der Waals surface area contributed by atoms with Gasteiger partial charge in [0, 0.05) is 13.1 Å². The highest BCUT2D eigenvalue weighted by molar-refractivity contribution is 7.91. The number of carbonyl (C=O) groups is 1. The summed E-state index contributed by atoms with van der Waals surface area (Å²) in [7, 11) is -5.66. The number of amides is 1. The van der Waals surface area contributed by atoms with Crippen LogP contribution in [-0.2, 0) is 24.7 Å². The molecule has 1 fully saturated rings. The second-order valence-corrected chi connectivity index (χ2v) is 10.7. The summed E-state index contributed by atoms with van der Waals surface area (Å²) in [6, 6.07) is 2.31. The molecule has 0 unspecified atom stereocenters. The summed E-state index contributed by atoms with van der Waals surface area (Å²) < 4.78 is 50.1. The highest BCUT2D eigenvalue weighted by Gasteiger charge is 2.35. The van der Waals surface area contributed by atoms with Crippen molar-refractivity contribution in [3.63, 3.8) is 0 Å². The number of nitrogens with zero attached hydrogens (tertiary/aromatic N) is 1. The quantitative estimate of drug-likeness (QED) is 0.761. The van der Waals surface area contributed by atoms with Crippen molar-refractivity contribution in [2.24, 2.45) is 0 Å². The second-order valence-electron chi connectivity index (χ2n) is 5.92. The Balaban J connectivity index is 2.10. The zero-order valence-electron chi connectivity index (χ0n) is 13.6.